The van der Waals surface area contributed by atoms with Gasteiger partial charge >= 0.3 is 6.09 Å². The number of hydrogen-bond donors (Lipinski definition) is 3. The van der Waals surface area contributed by atoms with Crippen molar-refractivity contribution in [3.05, 3.63) is 90.1 Å². The second-order valence-corrected chi connectivity index (χ2v) is 12.4. The molecule has 5 rings (SSSR count). The number of alkyl halides is 2. The highest BCUT2D eigenvalue weighted by molar-refractivity contribution is 6.12. The number of ketones is 1. The number of aromatic nitrogens is 4. The minimum atomic E-state index is -2.72. The van der Waals surface area contributed by atoms with Gasteiger partial charge in [0.1, 0.15) is 23.8 Å². The van der Waals surface area contributed by atoms with E-state index in [0.717, 1.165) is 6.08 Å². The third-order valence-corrected chi connectivity index (χ3v) is 7.41. The second-order valence-electron chi connectivity index (χ2n) is 12.4. The molecule has 264 valence electrons. The Morgan fingerprint density at radius 2 is 1.90 bits per heavy atom. The molecule has 4 aromatic rings. The summed E-state index contributed by atoms with van der Waals surface area (Å²) in [5.74, 6) is -3.52. The number of aromatic amines is 1. The highest BCUT2D eigenvalue weighted by Gasteiger charge is 2.34. The van der Waals surface area contributed by atoms with Crippen molar-refractivity contribution in [2.24, 2.45) is 0 Å². The normalized spacial score (nSPS) is 13.9. The molecule has 4 heterocycles. The first-order valence-corrected chi connectivity index (χ1v) is 15.3. The van der Waals surface area contributed by atoms with Crippen molar-refractivity contribution < 1.29 is 41.4 Å². The number of nitrogens with zero attached hydrogens (tertiary/aromatic N) is 4. The van der Waals surface area contributed by atoms with Crippen LogP contribution in [-0.4, -0.2) is 74.3 Å². The summed E-state index contributed by atoms with van der Waals surface area (Å²) >= 11 is 0. The summed E-state index contributed by atoms with van der Waals surface area (Å²) in [5, 5.41) is 7.97. The van der Waals surface area contributed by atoms with Gasteiger partial charge in [0.2, 0.25) is 11.7 Å². The number of allylic oxidation sites excluding steroid dienone is 3. The van der Waals surface area contributed by atoms with Crippen LogP contribution in [0.5, 0.6) is 11.6 Å². The summed E-state index contributed by atoms with van der Waals surface area (Å²) in [5.41, 5.74) is 7.63. The van der Waals surface area contributed by atoms with Crippen LogP contribution >= 0.6 is 0 Å². The minimum absolute atomic E-state index is 0.0227. The number of carbonyl (C=O) groups excluding carboxylic acids is 2. The molecule has 0 bridgehead atoms. The highest BCUT2D eigenvalue weighted by atomic mass is 19.3. The fourth-order valence-corrected chi connectivity index (χ4v) is 5.03. The molecule has 1 amide bonds. The number of carbonyl (C=O) groups is 2. The molecule has 1 aliphatic heterocycles. The van der Waals surface area contributed by atoms with Crippen LogP contribution < -0.4 is 20.5 Å². The third kappa shape index (κ3) is 7.74. The van der Waals surface area contributed by atoms with Crippen molar-refractivity contribution in [1.82, 2.24) is 24.6 Å². The summed E-state index contributed by atoms with van der Waals surface area (Å²) < 4.78 is 71.1. The van der Waals surface area contributed by atoms with Gasteiger partial charge in [-0.25, -0.2) is 32.0 Å². The Morgan fingerprint density at radius 1 is 1.18 bits per heavy atom. The van der Waals surface area contributed by atoms with Crippen LogP contribution in [0, 0.1) is 6.92 Å². The zero-order chi connectivity index (χ0) is 36.5. The zero-order valence-electron chi connectivity index (χ0n) is 27.7. The number of pyridine rings is 1. The quantitative estimate of drug-likeness (QED) is 0.0631. The van der Waals surface area contributed by atoms with Crippen LogP contribution in [-0.2, 0) is 4.74 Å². The Labute approximate surface area is 284 Å². The third-order valence-electron chi connectivity index (χ3n) is 7.41. The Kier molecular flexibility index (Phi) is 9.92. The number of ether oxygens (including phenoxy) is 3. The van der Waals surface area contributed by atoms with Crippen LogP contribution in [0.15, 0.2) is 73.3 Å². The largest absolute Gasteiger partial charge is 0.485 e. The number of aryl methyl sites for hydroxylation is 1. The Hall–Kier alpha value is -5.80. The van der Waals surface area contributed by atoms with Crippen molar-refractivity contribution in [3.63, 3.8) is 0 Å². The monoisotopic (exact) mass is 697 g/mol. The molecule has 0 aliphatic carbocycles. The van der Waals surface area contributed by atoms with Crippen LogP contribution in [0.1, 0.15) is 42.4 Å². The molecule has 4 N–H and O–H groups in total. The second kappa shape index (κ2) is 14.0. The predicted molar refractivity (Wildman–Crippen MR) is 178 cm³/mol. The maximum absolute atomic E-state index is 14.0. The summed E-state index contributed by atoms with van der Waals surface area (Å²) in [6, 6.07) is 5.89. The number of benzene rings is 1. The lowest BCUT2D eigenvalue weighted by Gasteiger charge is -2.40. The smallest absolute Gasteiger partial charge is 0.410 e. The average Bonchev–Trinajstić information content (AvgIpc) is 3.61. The van der Waals surface area contributed by atoms with Crippen molar-refractivity contribution in [1.29, 1.82) is 0 Å². The molecule has 0 spiro atoms. The number of anilines is 2. The lowest BCUT2D eigenvalue weighted by Crippen LogP contribution is -2.57. The van der Waals surface area contributed by atoms with Gasteiger partial charge in [-0.2, -0.15) is 5.10 Å². The summed E-state index contributed by atoms with van der Waals surface area (Å²) in [6.07, 6.45) is 0.169. The van der Waals surface area contributed by atoms with Crippen LogP contribution in [0.3, 0.4) is 0 Å². The molecule has 0 saturated carbocycles. The Morgan fingerprint density at radius 3 is 2.52 bits per heavy atom. The van der Waals surface area contributed by atoms with E-state index in [0.29, 0.717) is 40.9 Å². The first-order chi connectivity index (χ1) is 23.5. The molecule has 0 radical (unpaired) electrons. The van der Waals surface area contributed by atoms with E-state index in [1.165, 1.54) is 40.2 Å². The molecule has 16 heteroatoms. The first kappa shape index (κ1) is 35.5. The fourth-order valence-electron chi connectivity index (χ4n) is 5.03. The molecule has 0 atom stereocenters. The number of likely N-dealkylation sites (tertiary alicyclic amines) is 1. The topological polar surface area (TPSA) is 150 Å². The van der Waals surface area contributed by atoms with Crippen LogP contribution in [0.4, 0.5) is 33.9 Å². The van der Waals surface area contributed by atoms with E-state index in [2.05, 4.69) is 33.5 Å². The molecule has 1 aliphatic rings. The van der Waals surface area contributed by atoms with E-state index in [1.807, 2.05) is 0 Å². The molecule has 3 aromatic heterocycles. The fraction of sp³-hybridized carbons (Fsp3) is 0.294. The Bertz CT molecular complexity index is 2010. The standard InChI is InChI=1S/C34H35F4N7O5/c1-7-22(36)31(18(3)35)49-29-8-17(2)26(13-40-29)45-32(39)21(12-41-45)30(46)25-9-19-10-27(48-16-28(37)38)24(11-23(19)43-25)42-20-14-44(15-20)33(47)50-34(4,5)6/h7-13,20,28,42-43H,1,3,14-16,39H2,2,4-6H3/b31-22-. The van der Waals surface area contributed by atoms with Gasteiger partial charge < -0.3 is 35.1 Å². The van der Waals surface area contributed by atoms with Gasteiger partial charge in [-0.1, -0.05) is 13.2 Å². The number of nitrogens with one attached hydrogen (secondary N) is 2. The maximum atomic E-state index is 14.0. The number of nitrogens with two attached hydrogens (primary N) is 1. The van der Waals surface area contributed by atoms with Gasteiger partial charge in [0.15, 0.2) is 17.4 Å². The van der Waals surface area contributed by atoms with Crippen molar-refractivity contribution >= 4 is 34.3 Å². The van der Waals surface area contributed by atoms with Gasteiger partial charge in [-0.3, -0.25) is 4.79 Å². The van der Waals surface area contributed by atoms with E-state index >= 15 is 0 Å². The van der Waals surface area contributed by atoms with Gasteiger partial charge in [0.25, 0.3) is 6.43 Å². The van der Waals surface area contributed by atoms with Gasteiger partial charge in [0, 0.05) is 30.1 Å². The maximum Gasteiger partial charge on any atom is 0.410 e. The van der Waals surface area contributed by atoms with E-state index in [1.54, 1.807) is 33.8 Å². The van der Waals surface area contributed by atoms with E-state index < -0.39 is 47.9 Å². The molecule has 12 nitrogen and oxygen atoms in total. The number of halogens is 4. The summed E-state index contributed by atoms with van der Waals surface area (Å²) in [7, 11) is 0. The SMILES string of the molecule is C=C/C(F)=C(/Oc1cc(C)c(-n2ncc(C(=O)c3cc4cc(OCC(F)F)c(NC5CN(C(=O)OC(C)(C)C)C5)cc4[nH]3)c2N)cn1)C(=C)F. The van der Waals surface area contributed by atoms with Crippen LogP contribution in [0.25, 0.3) is 16.6 Å². The van der Waals surface area contributed by atoms with Gasteiger partial charge in [0.05, 0.1) is 41.1 Å². The highest BCUT2D eigenvalue weighted by Crippen LogP contribution is 2.34. The lowest BCUT2D eigenvalue weighted by molar-refractivity contribution is 0.0104. The Balaban J connectivity index is 1.37. The molecule has 1 aromatic carbocycles. The summed E-state index contributed by atoms with van der Waals surface area (Å²) in [4.78, 5) is 34.6. The number of fused-ring (bicyclic) bond motifs is 1. The van der Waals surface area contributed by atoms with Crippen molar-refractivity contribution in [3.8, 4) is 17.3 Å². The lowest BCUT2D eigenvalue weighted by atomic mass is 10.1. The number of H-pyrrole nitrogens is 1. The van der Waals surface area contributed by atoms with Crippen molar-refractivity contribution in [2.45, 2.75) is 45.8 Å². The first-order valence-electron chi connectivity index (χ1n) is 15.3. The molecular weight excluding hydrogens is 662 g/mol. The number of hydrogen-bond acceptors (Lipinski definition) is 9. The van der Waals surface area contributed by atoms with E-state index in [4.69, 9.17) is 19.9 Å². The zero-order valence-corrected chi connectivity index (χ0v) is 27.7. The predicted octanol–water partition coefficient (Wildman–Crippen LogP) is 6.77. The molecule has 50 heavy (non-hydrogen) atoms. The van der Waals surface area contributed by atoms with E-state index in [9.17, 15) is 27.2 Å². The number of nitrogen functional groups attached to an aromatic ring is 1. The molecular formula is C34H35F4N7O5. The molecule has 1 saturated heterocycles. The van der Waals surface area contributed by atoms with Crippen molar-refractivity contribution in [2.75, 3.05) is 30.7 Å². The van der Waals surface area contributed by atoms with E-state index in [-0.39, 0.29) is 34.7 Å². The van der Waals surface area contributed by atoms with Crippen LogP contribution in [0.2, 0.25) is 0 Å². The van der Waals surface area contributed by atoms with Gasteiger partial charge in [-0.05, 0) is 57.5 Å². The van der Waals surface area contributed by atoms with Gasteiger partial charge in [-0.15, -0.1) is 0 Å². The summed E-state index contributed by atoms with van der Waals surface area (Å²) in [6.45, 7) is 13.0. The average molecular weight is 698 g/mol. The number of amides is 1. The molecule has 0 unspecified atom stereocenters. The molecule has 1 fully saturated rings. The minimum Gasteiger partial charge on any atom is -0.485 e. The number of rotatable bonds is 12.